The summed E-state index contributed by atoms with van der Waals surface area (Å²) in [7, 11) is 1.58. The van der Waals surface area contributed by atoms with Gasteiger partial charge in [0.2, 0.25) is 0 Å². The van der Waals surface area contributed by atoms with Gasteiger partial charge >= 0.3 is 0 Å². The summed E-state index contributed by atoms with van der Waals surface area (Å²) in [6.45, 7) is 4.20. The maximum Gasteiger partial charge on any atom is 0.261 e. The second-order valence-corrected chi connectivity index (χ2v) is 6.24. The summed E-state index contributed by atoms with van der Waals surface area (Å²) in [6.07, 6.45) is 4.82. The zero-order chi connectivity index (χ0) is 14.7. The highest BCUT2D eigenvalue weighted by molar-refractivity contribution is 7.19. The van der Waals surface area contributed by atoms with Crippen LogP contribution in [0.1, 0.15) is 42.3 Å². The molecule has 1 aliphatic heterocycles. The fourth-order valence-electron chi connectivity index (χ4n) is 2.78. The number of anilines is 2. The third kappa shape index (κ3) is 2.85. The minimum absolute atomic E-state index is 0.372. The first-order valence-electron chi connectivity index (χ1n) is 7.09. The number of methoxy groups -OCH3 is 1. The summed E-state index contributed by atoms with van der Waals surface area (Å²) < 4.78 is 5.39. The van der Waals surface area contributed by atoms with Gasteiger partial charge in [-0.25, -0.2) is 0 Å². The van der Waals surface area contributed by atoms with Crippen LogP contribution in [0.15, 0.2) is 0 Å². The summed E-state index contributed by atoms with van der Waals surface area (Å²) in [5.74, 6) is 0.899. The van der Waals surface area contributed by atoms with E-state index < -0.39 is 5.91 Å². The van der Waals surface area contributed by atoms with E-state index in [1.54, 1.807) is 7.11 Å². The van der Waals surface area contributed by atoms with E-state index in [0.29, 0.717) is 16.3 Å². The first-order chi connectivity index (χ1) is 9.58. The molecule has 0 bridgehead atoms. The molecule has 1 amide bonds. The molecular formula is C14H23N3O2S. The lowest BCUT2D eigenvalue weighted by molar-refractivity contribution is 0.100. The maximum absolute atomic E-state index is 11.4. The van der Waals surface area contributed by atoms with Gasteiger partial charge in [0.25, 0.3) is 5.91 Å². The first kappa shape index (κ1) is 15.0. The molecule has 0 spiro atoms. The molecular weight excluding hydrogens is 274 g/mol. The monoisotopic (exact) mass is 297 g/mol. The van der Waals surface area contributed by atoms with Gasteiger partial charge in [0.05, 0.1) is 7.11 Å². The molecule has 1 unspecified atom stereocenters. The average Bonchev–Trinajstić information content (AvgIpc) is 2.62. The normalized spacial score (nSPS) is 19.7. The van der Waals surface area contributed by atoms with E-state index in [0.717, 1.165) is 30.4 Å². The van der Waals surface area contributed by atoms with E-state index in [1.807, 2.05) is 0 Å². The van der Waals surface area contributed by atoms with Crippen LogP contribution >= 0.6 is 11.3 Å². The third-order valence-corrected chi connectivity index (χ3v) is 5.28. The molecule has 5 nitrogen and oxygen atoms in total. The van der Waals surface area contributed by atoms with Gasteiger partial charge in [-0.1, -0.05) is 13.3 Å². The molecule has 1 aliphatic rings. The number of amides is 1. The number of nitrogens with two attached hydrogens (primary N) is 2. The molecule has 0 aromatic carbocycles. The van der Waals surface area contributed by atoms with Crippen molar-refractivity contribution in [3.63, 3.8) is 0 Å². The summed E-state index contributed by atoms with van der Waals surface area (Å²) in [6, 6.07) is 0. The highest BCUT2D eigenvalue weighted by atomic mass is 32.1. The second-order valence-electron chi connectivity index (χ2n) is 5.24. The van der Waals surface area contributed by atoms with E-state index in [1.165, 1.54) is 30.6 Å². The molecule has 1 fully saturated rings. The Hall–Kier alpha value is -1.43. The average molecular weight is 297 g/mol. The number of primary amides is 1. The fourth-order valence-corrected chi connectivity index (χ4v) is 3.88. The standard InChI is InChI=1S/C14H23N3O2S/c1-3-9-5-4-7-17(8-6-9)14-11(19-2)10(15)12(20-14)13(16)18/h9H,3-8,15H2,1-2H3,(H2,16,18). The topological polar surface area (TPSA) is 81.6 Å². The van der Waals surface area contributed by atoms with Crippen molar-refractivity contribution in [2.24, 2.45) is 11.7 Å². The minimum Gasteiger partial charge on any atom is -0.492 e. The van der Waals surface area contributed by atoms with Crippen molar-refractivity contribution in [3.8, 4) is 5.75 Å². The van der Waals surface area contributed by atoms with Crippen LogP contribution in [0.3, 0.4) is 0 Å². The largest absolute Gasteiger partial charge is 0.492 e. The van der Waals surface area contributed by atoms with Crippen molar-refractivity contribution in [1.82, 2.24) is 0 Å². The molecule has 2 rings (SSSR count). The van der Waals surface area contributed by atoms with Gasteiger partial charge < -0.3 is 21.1 Å². The van der Waals surface area contributed by atoms with Crippen LogP contribution < -0.4 is 21.1 Å². The summed E-state index contributed by atoms with van der Waals surface area (Å²) in [5.41, 5.74) is 11.7. The molecule has 2 heterocycles. The quantitative estimate of drug-likeness (QED) is 0.894. The summed E-state index contributed by atoms with van der Waals surface area (Å²) in [5, 5.41) is 0.940. The predicted molar refractivity (Wildman–Crippen MR) is 83.6 cm³/mol. The molecule has 1 atom stereocenters. The zero-order valence-corrected chi connectivity index (χ0v) is 13.0. The van der Waals surface area contributed by atoms with Crippen molar-refractivity contribution >= 4 is 27.9 Å². The van der Waals surface area contributed by atoms with Crippen molar-refractivity contribution in [1.29, 1.82) is 0 Å². The van der Waals surface area contributed by atoms with Crippen LogP contribution in [0, 0.1) is 5.92 Å². The number of nitrogen functional groups attached to an aromatic ring is 1. The van der Waals surface area contributed by atoms with Gasteiger partial charge in [-0.05, 0) is 25.2 Å². The van der Waals surface area contributed by atoms with E-state index in [9.17, 15) is 4.79 Å². The van der Waals surface area contributed by atoms with Crippen LogP contribution in [0.5, 0.6) is 5.75 Å². The number of carbonyl (C=O) groups excluding carboxylic acids is 1. The van der Waals surface area contributed by atoms with E-state index in [-0.39, 0.29) is 0 Å². The number of ether oxygens (including phenoxy) is 1. The molecule has 20 heavy (non-hydrogen) atoms. The van der Waals surface area contributed by atoms with Crippen LogP contribution in [-0.2, 0) is 0 Å². The number of hydrogen-bond acceptors (Lipinski definition) is 5. The Morgan fingerprint density at radius 2 is 2.20 bits per heavy atom. The van der Waals surface area contributed by atoms with Gasteiger partial charge in [0, 0.05) is 13.1 Å². The Kier molecular flexibility index (Phi) is 4.75. The van der Waals surface area contributed by atoms with E-state index in [2.05, 4.69) is 11.8 Å². The van der Waals surface area contributed by atoms with Crippen molar-refractivity contribution < 1.29 is 9.53 Å². The Labute approximate surface area is 123 Å². The minimum atomic E-state index is -0.488. The third-order valence-electron chi connectivity index (χ3n) is 4.02. The fraction of sp³-hybridized carbons (Fsp3) is 0.643. The zero-order valence-electron chi connectivity index (χ0n) is 12.1. The Morgan fingerprint density at radius 1 is 1.45 bits per heavy atom. The SMILES string of the molecule is CCC1CCCN(c2sc(C(N)=O)c(N)c2OC)CC1. The molecule has 112 valence electrons. The number of rotatable bonds is 4. The Morgan fingerprint density at radius 3 is 2.80 bits per heavy atom. The number of thiophene rings is 1. The van der Waals surface area contributed by atoms with E-state index >= 15 is 0 Å². The second kappa shape index (κ2) is 6.35. The van der Waals surface area contributed by atoms with Crippen LogP contribution in [0.2, 0.25) is 0 Å². The molecule has 1 saturated heterocycles. The lowest BCUT2D eigenvalue weighted by Gasteiger charge is -2.22. The van der Waals surface area contributed by atoms with Gasteiger partial charge in [-0.2, -0.15) is 0 Å². The van der Waals surface area contributed by atoms with Crippen molar-refractivity contribution in [2.45, 2.75) is 32.6 Å². The molecule has 4 N–H and O–H groups in total. The highest BCUT2D eigenvalue weighted by Crippen LogP contribution is 2.45. The van der Waals surface area contributed by atoms with Gasteiger partial charge in [0.15, 0.2) is 5.75 Å². The van der Waals surface area contributed by atoms with Crippen LogP contribution in [-0.4, -0.2) is 26.1 Å². The molecule has 0 radical (unpaired) electrons. The van der Waals surface area contributed by atoms with Gasteiger partial charge in [-0.3, -0.25) is 4.79 Å². The van der Waals surface area contributed by atoms with Crippen molar-refractivity contribution in [3.05, 3.63) is 4.88 Å². The smallest absolute Gasteiger partial charge is 0.261 e. The highest BCUT2D eigenvalue weighted by Gasteiger charge is 2.25. The van der Waals surface area contributed by atoms with Gasteiger partial charge in [0.1, 0.15) is 15.6 Å². The molecule has 1 aromatic heterocycles. The molecule has 0 aliphatic carbocycles. The lowest BCUT2D eigenvalue weighted by atomic mass is 9.98. The maximum atomic E-state index is 11.4. The Balaban J connectivity index is 2.27. The molecule has 6 heteroatoms. The molecule has 0 saturated carbocycles. The predicted octanol–water partition coefficient (Wildman–Crippen LogP) is 2.45. The lowest BCUT2D eigenvalue weighted by Crippen LogP contribution is -2.23. The number of carbonyl (C=O) groups is 1. The van der Waals surface area contributed by atoms with E-state index in [4.69, 9.17) is 16.2 Å². The van der Waals surface area contributed by atoms with Crippen LogP contribution in [0.4, 0.5) is 10.7 Å². The molecule has 1 aromatic rings. The first-order valence-corrected chi connectivity index (χ1v) is 7.91. The van der Waals surface area contributed by atoms with Crippen LogP contribution in [0.25, 0.3) is 0 Å². The summed E-state index contributed by atoms with van der Waals surface area (Å²) >= 11 is 1.34. The Bertz CT molecular complexity index is 487. The van der Waals surface area contributed by atoms with Gasteiger partial charge in [-0.15, -0.1) is 11.3 Å². The van der Waals surface area contributed by atoms with Crippen molar-refractivity contribution in [2.75, 3.05) is 30.8 Å². The number of nitrogens with zero attached hydrogens (tertiary/aromatic N) is 1. The summed E-state index contributed by atoms with van der Waals surface area (Å²) in [4.78, 5) is 14.1. The number of hydrogen-bond donors (Lipinski definition) is 2.